The molecule has 4 heterocycles. The summed E-state index contributed by atoms with van der Waals surface area (Å²) in [5.41, 5.74) is 0.465. The molecule has 0 radical (unpaired) electrons. The topological polar surface area (TPSA) is 145 Å². The zero-order valence-corrected chi connectivity index (χ0v) is 31.1. The van der Waals surface area contributed by atoms with Gasteiger partial charge in [0, 0.05) is 43.2 Å². The van der Waals surface area contributed by atoms with E-state index >= 15 is 0 Å². The molecular weight excluding hydrogens is 693 g/mol. The van der Waals surface area contributed by atoms with Crippen LogP contribution in [0.5, 0.6) is 11.5 Å². The molecule has 2 amide bonds. The Morgan fingerprint density at radius 2 is 1.80 bits per heavy atom. The summed E-state index contributed by atoms with van der Waals surface area (Å²) < 4.78 is 18.4. The number of hydrogen-bond acceptors (Lipinski definition) is 11. The standard InChI is InChI=1S/C37H46N4O8S2/c1-24-5-12-30(50-24)33(44)40-18-20-48-37(23-40)13-15-39(16-14-37)17-19-47-26-8-6-25(7-9-26)21-41(35(46)49-36(2,3)4)22-29(43)27-10-11-28(42)31-32(27)51-34(45)38-31/h5-12,29,42-43H,13-23H2,1-4H3,(H,38,45). The number of nitrogens with one attached hydrogen (secondary N) is 1. The van der Waals surface area contributed by atoms with Crippen LogP contribution in [-0.2, 0) is 16.0 Å². The van der Waals surface area contributed by atoms with Crippen LogP contribution in [0, 0.1) is 6.92 Å². The van der Waals surface area contributed by atoms with Crippen LogP contribution in [0.4, 0.5) is 4.79 Å². The van der Waals surface area contributed by atoms with Gasteiger partial charge in [0.25, 0.3) is 5.91 Å². The Kier molecular flexibility index (Phi) is 11.1. The second kappa shape index (κ2) is 15.3. The highest BCUT2D eigenvalue weighted by atomic mass is 32.1. The lowest BCUT2D eigenvalue weighted by Crippen LogP contribution is -2.58. The molecule has 0 saturated carbocycles. The number of aromatic nitrogens is 1. The van der Waals surface area contributed by atoms with Gasteiger partial charge in [0.2, 0.25) is 0 Å². The maximum Gasteiger partial charge on any atom is 0.410 e. The first-order valence-corrected chi connectivity index (χ1v) is 18.9. The zero-order valence-electron chi connectivity index (χ0n) is 29.5. The van der Waals surface area contributed by atoms with Crippen molar-refractivity contribution in [2.24, 2.45) is 0 Å². The molecule has 6 rings (SSSR count). The van der Waals surface area contributed by atoms with E-state index < -0.39 is 17.8 Å². The Labute approximate surface area is 305 Å². The molecule has 3 N–H and O–H groups in total. The van der Waals surface area contributed by atoms with Crippen LogP contribution < -0.4 is 9.61 Å². The SMILES string of the molecule is Cc1ccc(C(=O)N2CCOC3(CCN(CCOc4ccc(CN(CC(O)c5ccc(O)c6[nH]c(=O)sc56)C(=O)OC(C)(C)C)cc4)CC3)C2)s1. The third-order valence-corrected chi connectivity index (χ3v) is 11.1. The lowest BCUT2D eigenvalue weighted by molar-refractivity contribution is -0.127. The second-order valence-corrected chi connectivity index (χ2v) is 16.5. The van der Waals surface area contributed by atoms with Gasteiger partial charge < -0.3 is 39.2 Å². The normalized spacial score (nSPS) is 17.1. The van der Waals surface area contributed by atoms with Crippen molar-refractivity contribution in [2.45, 2.75) is 64.4 Å². The summed E-state index contributed by atoms with van der Waals surface area (Å²) in [4.78, 5) is 48.3. The molecule has 51 heavy (non-hydrogen) atoms. The highest BCUT2D eigenvalue weighted by molar-refractivity contribution is 7.16. The number of thiophene rings is 1. The first-order valence-electron chi connectivity index (χ1n) is 17.2. The van der Waals surface area contributed by atoms with Crippen molar-refractivity contribution in [3.05, 3.63) is 79.1 Å². The molecule has 0 bridgehead atoms. The van der Waals surface area contributed by atoms with Crippen molar-refractivity contribution in [3.63, 3.8) is 0 Å². The van der Waals surface area contributed by atoms with Crippen molar-refractivity contribution in [1.29, 1.82) is 0 Å². The summed E-state index contributed by atoms with van der Waals surface area (Å²) in [6, 6.07) is 14.4. The van der Waals surface area contributed by atoms with Gasteiger partial charge in [-0.25, -0.2) is 4.79 Å². The number of aliphatic hydroxyl groups excluding tert-OH is 1. The van der Waals surface area contributed by atoms with E-state index in [4.69, 9.17) is 14.2 Å². The Morgan fingerprint density at radius 3 is 2.49 bits per heavy atom. The molecule has 2 aromatic heterocycles. The summed E-state index contributed by atoms with van der Waals surface area (Å²) in [7, 11) is 0. The number of morpholine rings is 1. The van der Waals surface area contributed by atoms with Gasteiger partial charge in [0.05, 0.1) is 41.0 Å². The van der Waals surface area contributed by atoms with Crippen molar-refractivity contribution in [2.75, 3.05) is 52.5 Å². The number of phenols is 1. The average molecular weight is 739 g/mol. The van der Waals surface area contributed by atoms with E-state index in [1.54, 1.807) is 38.2 Å². The number of aromatic amines is 1. The van der Waals surface area contributed by atoms with E-state index in [0.29, 0.717) is 42.3 Å². The number of H-pyrrole nitrogens is 1. The third-order valence-electron chi connectivity index (χ3n) is 9.22. The minimum Gasteiger partial charge on any atom is -0.506 e. The van der Waals surface area contributed by atoms with E-state index in [-0.39, 0.29) is 40.7 Å². The molecule has 0 aliphatic carbocycles. The Morgan fingerprint density at radius 1 is 1.06 bits per heavy atom. The zero-order chi connectivity index (χ0) is 36.3. The molecule has 4 aromatic rings. The predicted octanol–water partition coefficient (Wildman–Crippen LogP) is 5.52. The molecule has 2 aliphatic heterocycles. The maximum absolute atomic E-state index is 13.3. The molecule has 14 heteroatoms. The van der Waals surface area contributed by atoms with Crippen molar-refractivity contribution in [1.82, 2.24) is 19.7 Å². The van der Waals surface area contributed by atoms with Crippen molar-refractivity contribution < 1.29 is 34.0 Å². The van der Waals surface area contributed by atoms with Gasteiger partial charge in [-0.1, -0.05) is 29.5 Å². The Bertz CT molecular complexity index is 1890. The second-order valence-electron chi connectivity index (χ2n) is 14.3. The van der Waals surface area contributed by atoms with E-state index in [0.717, 1.165) is 59.1 Å². The average Bonchev–Trinajstić information content (AvgIpc) is 3.71. The fraction of sp³-hybridized carbons (Fsp3) is 0.486. The lowest BCUT2D eigenvalue weighted by Gasteiger charge is -2.47. The molecule has 274 valence electrons. The number of amides is 2. The quantitative estimate of drug-likeness (QED) is 0.192. The summed E-state index contributed by atoms with van der Waals surface area (Å²) >= 11 is 2.43. The van der Waals surface area contributed by atoms with E-state index in [2.05, 4.69) is 9.88 Å². The van der Waals surface area contributed by atoms with Crippen LogP contribution in [0.1, 0.15) is 65.4 Å². The number of carbonyl (C=O) groups is 2. The van der Waals surface area contributed by atoms with Crippen LogP contribution in [0.25, 0.3) is 10.2 Å². The van der Waals surface area contributed by atoms with Gasteiger partial charge >= 0.3 is 11.0 Å². The molecule has 1 unspecified atom stereocenters. The van der Waals surface area contributed by atoms with E-state index in [1.807, 2.05) is 48.2 Å². The first-order chi connectivity index (χ1) is 24.3. The predicted molar refractivity (Wildman–Crippen MR) is 197 cm³/mol. The molecule has 1 spiro atoms. The molecule has 1 atom stereocenters. The summed E-state index contributed by atoms with van der Waals surface area (Å²) in [6.45, 7) is 12.3. The smallest absolute Gasteiger partial charge is 0.410 e. The van der Waals surface area contributed by atoms with Gasteiger partial charge in [-0.15, -0.1) is 11.3 Å². The van der Waals surface area contributed by atoms with Crippen molar-refractivity contribution in [3.8, 4) is 11.5 Å². The minimum absolute atomic E-state index is 0.0881. The number of aromatic hydroxyl groups is 1. The van der Waals surface area contributed by atoms with Crippen LogP contribution in [-0.4, -0.2) is 106 Å². The summed E-state index contributed by atoms with van der Waals surface area (Å²) in [5, 5.41) is 21.4. The van der Waals surface area contributed by atoms with Crippen LogP contribution in [0.2, 0.25) is 0 Å². The number of hydrogen-bond donors (Lipinski definition) is 3. The number of fused-ring (bicyclic) bond motifs is 1. The van der Waals surface area contributed by atoms with Crippen molar-refractivity contribution >= 4 is 44.9 Å². The number of phenolic OH excluding ortho intramolecular Hbond substituents is 1. The van der Waals surface area contributed by atoms with E-state index in [1.165, 1.54) is 11.0 Å². The molecule has 2 saturated heterocycles. The largest absolute Gasteiger partial charge is 0.506 e. The number of ether oxygens (including phenoxy) is 3. The molecule has 2 aromatic carbocycles. The highest BCUT2D eigenvalue weighted by Gasteiger charge is 2.41. The number of aliphatic hydroxyl groups is 1. The number of carbonyl (C=O) groups excluding carboxylic acids is 2. The van der Waals surface area contributed by atoms with E-state index in [9.17, 15) is 24.6 Å². The Hall–Kier alpha value is -3.95. The summed E-state index contributed by atoms with van der Waals surface area (Å²) in [5.74, 6) is 0.716. The number of nitrogens with zero attached hydrogens (tertiary/aromatic N) is 3. The maximum atomic E-state index is 13.3. The van der Waals surface area contributed by atoms with Crippen LogP contribution in [0.3, 0.4) is 0 Å². The number of benzene rings is 2. The third kappa shape index (κ3) is 9.11. The fourth-order valence-electron chi connectivity index (χ4n) is 6.55. The lowest BCUT2D eigenvalue weighted by atomic mass is 9.89. The number of likely N-dealkylation sites (tertiary alicyclic amines) is 1. The van der Waals surface area contributed by atoms with Gasteiger partial charge in [0.15, 0.2) is 0 Å². The van der Waals surface area contributed by atoms with Crippen LogP contribution >= 0.6 is 22.7 Å². The fourth-order valence-corrected chi connectivity index (χ4v) is 8.31. The molecule has 2 fully saturated rings. The first kappa shape index (κ1) is 36.8. The number of piperidine rings is 1. The molecule has 12 nitrogen and oxygen atoms in total. The number of thiazole rings is 1. The molecule has 2 aliphatic rings. The van der Waals surface area contributed by atoms with Crippen LogP contribution in [0.15, 0.2) is 53.3 Å². The van der Waals surface area contributed by atoms with Gasteiger partial charge in [-0.3, -0.25) is 14.5 Å². The molecular formula is C37H46N4O8S2. The van der Waals surface area contributed by atoms with Gasteiger partial charge in [-0.05, 0) is 76.4 Å². The summed E-state index contributed by atoms with van der Waals surface area (Å²) in [6.07, 6.45) is 0.000776. The number of aryl methyl sites for hydroxylation is 1. The van der Waals surface area contributed by atoms with Gasteiger partial charge in [0.1, 0.15) is 29.2 Å². The number of rotatable bonds is 10. The monoisotopic (exact) mass is 738 g/mol. The highest BCUT2D eigenvalue weighted by Crippen LogP contribution is 2.33. The Balaban J connectivity index is 1.01. The van der Waals surface area contributed by atoms with Gasteiger partial charge in [-0.2, -0.15) is 0 Å². The minimum atomic E-state index is -1.14.